The molecule has 1 rings (SSSR count). The second-order valence-corrected chi connectivity index (χ2v) is 3.38. The number of rotatable bonds is 4. The fourth-order valence-electron chi connectivity index (χ4n) is 1.55. The van der Waals surface area contributed by atoms with E-state index in [1.54, 1.807) is 12.1 Å². The minimum absolute atomic E-state index is 0.448. The molecule has 0 aliphatic carbocycles. The number of nitrogens with two attached hydrogens (primary N) is 1. The summed E-state index contributed by atoms with van der Waals surface area (Å²) >= 11 is 0. The second kappa shape index (κ2) is 5.63. The zero-order valence-corrected chi connectivity index (χ0v) is 9.27. The first-order valence-electron chi connectivity index (χ1n) is 5.14. The lowest BCUT2D eigenvalue weighted by molar-refractivity contribution is 0.826. The Labute approximate surface area is 95.5 Å². The third-order valence-corrected chi connectivity index (χ3v) is 2.36. The van der Waals surface area contributed by atoms with Gasteiger partial charge in [-0.15, -0.1) is 0 Å². The molecule has 0 fully saturated rings. The Morgan fingerprint density at radius 2 is 2.12 bits per heavy atom. The Morgan fingerprint density at radius 1 is 1.38 bits per heavy atom. The molecule has 0 aromatic heterocycles. The van der Waals surface area contributed by atoms with Gasteiger partial charge < -0.3 is 10.6 Å². The van der Waals surface area contributed by atoms with Crippen LogP contribution in [-0.4, -0.2) is 13.1 Å². The van der Waals surface area contributed by atoms with Crippen molar-refractivity contribution in [3.05, 3.63) is 23.8 Å². The average molecular weight is 214 g/mol. The summed E-state index contributed by atoms with van der Waals surface area (Å²) in [4.78, 5) is 2.00. The molecule has 82 valence electrons. The van der Waals surface area contributed by atoms with Gasteiger partial charge in [-0.2, -0.15) is 10.5 Å². The highest BCUT2D eigenvalue weighted by Crippen LogP contribution is 2.22. The monoisotopic (exact) mass is 214 g/mol. The minimum atomic E-state index is 0.448. The van der Waals surface area contributed by atoms with Gasteiger partial charge in [0.1, 0.15) is 6.07 Å². The molecule has 1 aromatic carbocycles. The molecule has 0 aliphatic rings. The van der Waals surface area contributed by atoms with Gasteiger partial charge >= 0.3 is 0 Å². The fourth-order valence-corrected chi connectivity index (χ4v) is 1.55. The zero-order chi connectivity index (χ0) is 12.0. The predicted octanol–water partition coefficient (Wildman–Crippen LogP) is 1.88. The molecule has 0 saturated carbocycles. The quantitative estimate of drug-likeness (QED) is 0.776. The Balaban J connectivity index is 3.01. The van der Waals surface area contributed by atoms with Gasteiger partial charge in [-0.05, 0) is 25.1 Å². The van der Waals surface area contributed by atoms with E-state index in [1.165, 1.54) is 0 Å². The van der Waals surface area contributed by atoms with E-state index >= 15 is 0 Å². The third-order valence-electron chi connectivity index (χ3n) is 2.36. The van der Waals surface area contributed by atoms with Crippen LogP contribution in [-0.2, 0) is 0 Å². The molecular weight excluding hydrogens is 200 g/mol. The lowest BCUT2D eigenvalue weighted by Crippen LogP contribution is -2.24. The van der Waals surface area contributed by atoms with Crippen molar-refractivity contribution in [2.75, 3.05) is 23.7 Å². The maximum atomic E-state index is 9.02. The first-order valence-corrected chi connectivity index (χ1v) is 5.14. The van der Waals surface area contributed by atoms with Gasteiger partial charge in [0, 0.05) is 18.8 Å². The van der Waals surface area contributed by atoms with Crippen LogP contribution in [0.15, 0.2) is 18.2 Å². The van der Waals surface area contributed by atoms with Gasteiger partial charge in [0.15, 0.2) is 0 Å². The van der Waals surface area contributed by atoms with E-state index in [9.17, 15) is 0 Å². The summed E-state index contributed by atoms with van der Waals surface area (Å²) in [6.45, 7) is 3.39. The molecule has 1 aromatic rings. The fraction of sp³-hybridized carbons (Fsp3) is 0.333. The first-order chi connectivity index (χ1) is 7.72. The number of hydrogen-bond acceptors (Lipinski definition) is 4. The van der Waals surface area contributed by atoms with Crippen molar-refractivity contribution in [2.45, 2.75) is 13.3 Å². The Hall–Kier alpha value is -2.20. The maximum Gasteiger partial charge on any atom is 0.101 e. The van der Waals surface area contributed by atoms with Gasteiger partial charge in [0.25, 0.3) is 0 Å². The number of nitrogens with zero attached hydrogens (tertiary/aromatic N) is 3. The Bertz CT molecular complexity index is 439. The van der Waals surface area contributed by atoms with Crippen LogP contribution in [0.3, 0.4) is 0 Å². The van der Waals surface area contributed by atoms with E-state index in [2.05, 4.69) is 12.1 Å². The number of nitrogen functional groups attached to an aromatic ring is 1. The molecule has 16 heavy (non-hydrogen) atoms. The number of hydrogen-bond donors (Lipinski definition) is 1. The van der Waals surface area contributed by atoms with Crippen LogP contribution in [0.4, 0.5) is 11.4 Å². The third kappa shape index (κ3) is 2.65. The van der Waals surface area contributed by atoms with Crippen molar-refractivity contribution < 1.29 is 0 Å². The summed E-state index contributed by atoms with van der Waals surface area (Å²) in [7, 11) is 0. The molecule has 0 aliphatic heterocycles. The summed E-state index contributed by atoms with van der Waals surface area (Å²) in [6.07, 6.45) is 0.448. The van der Waals surface area contributed by atoms with Crippen molar-refractivity contribution in [1.29, 1.82) is 10.5 Å². The minimum Gasteiger partial charge on any atom is -0.399 e. The summed E-state index contributed by atoms with van der Waals surface area (Å²) < 4.78 is 0. The van der Waals surface area contributed by atoms with E-state index in [4.69, 9.17) is 16.3 Å². The lowest BCUT2D eigenvalue weighted by Gasteiger charge is -2.23. The van der Waals surface area contributed by atoms with E-state index in [1.807, 2.05) is 17.9 Å². The molecule has 0 radical (unpaired) electrons. The highest BCUT2D eigenvalue weighted by Gasteiger charge is 2.09. The molecule has 4 nitrogen and oxygen atoms in total. The predicted molar refractivity (Wildman–Crippen MR) is 63.7 cm³/mol. The second-order valence-electron chi connectivity index (χ2n) is 3.38. The molecule has 0 bridgehead atoms. The Kier molecular flexibility index (Phi) is 4.17. The maximum absolute atomic E-state index is 9.02. The summed E-state index contributed by atoms with van der Waals surface area (Å²) in [5, 5.41) is 17.6. The summed E-state index contributed by atoms with van der Waals surface area (Å²) in [5.74, 6) is 0. The largest absolute Gasteiger partial charge is 0.399 e. The van der Waals surface area contributed by atoms with Gasteiger partial charge in [-0.1, -0.05) is 0 Å². The molecule has 2 N–H and O–H groups in total. The molecule has 0 spiro atoms. The van der Waals surface area contributed by atoms with E-state index in [0.717, 1.165) is 12.2 Å². The summed E-state index contributed by atoms with van der Waals surface area (Å²) in [6, 6.07) is 9.48. The first kappa shape index (κ1) is 11.9. The van der Waals surface area contributed by atoms with Crippen molar-refractivity contribution in [3.8, 4) is 12.1 Å². The number of anilines is 2. The SMILES string of the molecule is CCN(CCC#N)c1ccc(N)cc1C#N. The van der Waals surface area contributed by atoms with Gasteiger partial charge in [-0.25, -0.2) is 0 Å². The van der Waals surface area contributed by atoms with Gasteiger partial charge in [0.05, 0.1) is 23.7 Å². The van der Waals surface area contributed by atoms with E-state index in [-0.39, 0.29) is 0 Å². The lowest BCUT2D eigenvalue weighted by atomic mass is 10.1. The Morgan fingerprint density at radius 3 is 2.69 bits per heavy atom. The van der Waals surface area contributed by atoms with Crippen LogP contribution in [0.5, 0.6) is 0 Å². The van der Waals surface area contributed by atoms with Crippen molar-refractivity contribution in [1.82, 2.24) is 0 Å². The van der Waals surface area contributed by atoms with Gasteiger partial charge in [0.2, 0.25) is 0 Å². The highest BCUT2D eigenvalue weighted by molar-refractivity contribution is 5.64. The van der Waals surface area contributed by atoms with Crippen LogP contribution >= 0.6 is 0 Å². The van der Waals surface area contributed by atoms with Crippen molar-refractivity contribution in [3.63, 3.8) is 0 Å². The average Bonchev–Trinajstić information content (AvgIpc) is 2.31. The van der Waals surface area contributed by atoms with Crippen molar-refractivity contribution >= 4 is 11.4 Å². The highest BCUT2D eigenvalue weighted by atomic mass is 15.1. The zero-order valence-electron chi connectivity index (χ0n) is 9.27. The van der Waals surface area contributed by atoms with Crippen LogP contribution in [0.1, 0.15) is 18.9 Å². The van der Waals surface area contributed by atoms with E-state index in [0.29, 0.717) is 24.2 Å². The number of benzene rings is 1. The van der Waals surface area contributed by atoms with E-state index < -0.39 is 0 Å². The molecule has 0 heterocycles. The van der Waals surface area contributed by atoms with Crippen LogP contribution in [0, 0.1) is 22.7 Å². The summed E-state index contributed by atoms with van der Waals surface area (Å²) in [5.41, 5.74) is 7.60. The molecule has 0 amide bonds. The number of nitriles is 2. The molecular formula is C12H14N4. The molecule has 0 saturated heterocycles. The van der Waals surface area contributed by atoms with Crippen LogP contribution in [0.25, 0.3) is 0 Å². The molecule has 0 atom stereocenters. The molecule has 0 unspecified atom stereocenters. The van der Waals surface area contributed by atoms with Gasteiger partial charge in [-0.3, -0.25) is 0 Å². The topological polar surface area (TPSA) is 76.8 Å². The normalized spacial score (nSPS) is 9.19. The van der Waals surface area contributed by atoms with Crippen molar-refractivity contribution in [2.24, 2.45) is 0 Å². The molecule has 4 heteroatoms. The van der Waals surface area contributed by atoms with Crippen LogP contribution < -0.4 is 10.6 Å². The smallest absolute Gasteiger partial charge is 0.101 e. The standard InChI is InChI=1S/C12H14N4/c1-2-16(7-3-6-13)12-5-4-11(15)8-10(12)9-14/h4-5,8H,2-3,7,15H2,1H3. The van der Waals surface area contributed by atoms with Crippen LogP contribution in [0.2, 0.25) is 0 Å².